The van der Waals surface area contributed by atoms with Crippen LogP contribution in [0.2, 0.25) is 0 Å². The fourth-order valence-electron chi connectivity index (χ4n) is 0.422. The standard InChI is InChI=1S/C4H7ClN2/c5-4-6-2-1-3-7-4/h1-3H2,(H,6,7)/i1D. The third-order valence-corrected chi connectivity index (χ3v) is 1.00. The zero-order valence-corrected chi connectivity index (χ0v) is 4.57. The van der Waals surface area contributed by atoms with Crippen molar-refractivity contribution in [3.8, 4) is 0 Å². The minimum atomic E-state index is -0.113. The van der Waals surface area contributed by atoms with Gasteiger partial charge in [0.1, 0.15) is 0 Å². The molecular weight excluding hydrogens is 112 g/mol. The minimum absolute atomic E-state index is 0.113. The number of aliphatic imine (C=N–C) groups is 1. The van der Waals surface area contributed by atoms with Crippen molar-refractivity contribution in [3.05, 3.63) is 0 Å². The van der Waals surface area contributed by atoms with Crippen LogP contribution in [-0.2, 0) is 0 Å². The van der Waals surface area contributed by atoms with E-state index in [-0.39, 0.29) is 6.40 Å². The molecule has 0 aromatic rings. The second-order valence-corrected chi connectivity index (χ2v) is 1.66. The summed E-state index contributed by atoms with van der Waals surface area (Å²) < 4.78 is 7.13. The van der Waals surface area contributed by atoms with E-state index in [0.29, 0.717) is 18.4 Å². The molecule has 1 aliphatic rings. The number of nitrogens with one attached hydrogen (secondary N) is 1. The number of hydrogen-bond acceptors (Lipinski definition) is 2. The average molecular weight is 120 g/mol. The first kappa shape index (κ1) is 3.72. The molecule has 0 bridgehead atoms. The maximum atomic E-state index is 7.13. The summed E-state index contributed by atoms with van der Waals surface area (Å²) in [6.07, 6.45) is -0.113. The van der Waals surface area contributed by atoms with E-state index < -0.39 is 0 Å². The zero-order chi connectivity index (χ0) is 5.98. The molecule has 1 N–H and O–H groups in total. The van der Waals surface area contributed by atoms with Crippen LogP contribution in [-0.4, -0.2) is 18.4 Å². The lowest BCUT2D eigenvalue weighted by molar-refractivity contribution is 0.750. The van der Waals surface area contributed by atoms with Gasteiger partial charge in [-0.25, -0.2) is 0 Å². The van der Waals surface area contributed by atoms with Gasteiger partial charge >= 0.3 is 0 Å². The molecule has 2 nitrogen and oxygen atoms in total. The molecule has 1 unspecified atom stereocenters. The van der Waals surface area contributed by atoms with Gasteiger partial charge in [-0.3, -0.25) is 4.99 Å². The Hall–Kier alpha value is -0.240. The molecule has 0 saturated carbocycles. The predicted molar refractivity (Wildman–Crippen MR) is 30.8 cm³/mol. The Balaban J connectivity index is 2.42. The summed E-state index contributed by atoms with van der Waals surface area (Å²) in [6.45, 7) is 1.16. The summed E-state index contributed by atoms with van der Waals surface area (Å²) in [7, 11) is 0. The lowest BCUT2D eigenvalue weighted by Crippen LogP contribution is -2.24. The lowest BCUT2D eigenvalue weighted by atomic mass is 10.4. The van der Waals surface area contributed by atoms with Crippen molar-refractivity contribution in [1.82, 2.24) is 5.32 Å². The van der Waals surface area contributed by atoms with E-state index in [1.54, 1.807) is 0 Å². The first-order chi connectivity index (χ1) is 3.79. The van der Waals surface area contributed by atoms with Gasteiger partial charge in [0.05, 0.1) is 0 Å². The van der Waals surface area contributed by atoms with E-state index >= 15 is 0 Å². The summed E-state index contributed by atoms with van der Waals surface area (Å²) in [5, 5.41) is 3.20. The van der Waals surface area contributed by atoms with E-state index in [1.165, 1.54) is 0 Å². The molecule has 0 aliphatic carbocycles. The molecule has 0 spiro atoms. The highest BCUT2D eigenvalue weighted by Gasteiger charge is 1.96. The first-order valence-corrected chi connectivity index (χ1v) is 2.53. The van der Waals surface area contributed by atoms with Crippen LogP contribution in [0, 0.1) is 0 Å². The van der Waals surface area contributed by atoms with Crippen molar-refractivity contribution in [2.75, 3.05) is 13.1 Å². The minimum Gasteiger partial charge on any atom is -0.361 e. The Kier molecular flexibility index (Phi) is 1.15. The highest BCUT2D eigenvalue weighted by Crippen LogP contribution is 1.90. The Morgan fingerprint density at radius 1 is 2.00 bits per heavy atom. The van der Waals surface area contributed by atoms with Crippen molar-refractivity contribution in [1.29, 1.82) is 0 Å². The monoisotopic (exact) mass is 119 g/mol. The second-order valence-electron chi connectivity index (χ2n) is 1.30. The maximum absolute atomic E-state index is 7.13. The summed E-state index contributed by atoms with van der Waals surface area (Å²) in [4.78, 5) is 3.79. The molecule has 3 heteroatoms. The van der Waals surface area contributed by atoms with Gasteiger partial charge in [0.15, 0.2) is 5.29 Å². The number of hydrogen-bond donors (Lipinski definition) is 1. The number of rotatable bonds is 0. The van der Waals surface area contributed by atoms with Gasteiger partial charge in [-0.05, 0) is 18.0 Å². The van der Waals surface area contributed by atoms with Gasteiger partial charge in [0.2, 0.25) is 0 Å². The van der Waals surface area contributed by atoms with Crippen LogP contribution in [0.4, 0.5) is 0 Å². The van der Waals surface area contributed by atoms with Gasteiger partial charge in [0.25, 0.3) is 0 Å². The van der Waals surface area contributed by atoms with E-state index in [0.717, 1.165) is 0 Å². The molecule has 1 atom stereocenters. The zero-order valence-electron chi connectivity index (χ0n) is 4.82. The van der Waals surface area contributed by atoms with Gasteiger partial charge in [-0.1, -0.05) is 0 Å². The highest BCUT2D eigenvalue weighted by molar-refractivity contribution is 6.64. The lowest BCUT2D eigenvalue weighted by Gasteiger charge is -2.06. The van der Waals surface area contributed by atoms with Gasteiger partial charge < -0.3 is 5.32 Å². The fraction of sp³-hybridized carbons (Fsp3) is 0.750. The Morgan fingerprint density at radius 2 is 2.86 bits per heavy atom. The predicted octanol–water partition coefficient (Wildman–Crippen LogP) is 0.575. The smallest absolute Gasteiger partial charge is 0.191 e. The molecule has 0 fully saturated rings. The maximum Gasteiger partial charge on any atom is 0.191 e. The summed E-state index contributed by atoms with van der Waals surface area (Å²) in [5.41, 5.74) is 0. The molecule has 0 radical (unpaired) electrons. The van der Waals surface area contributed by atoms with Crippen molar-refractivity contribution in [2.45, 2.75) is 6.40 Å². The molecule has 40 valence electrons. The summed E-state index contributed by atoms with van der Waals surface area (Å²) in [6, 6.07) is 0. The molecule has 0 amide bonds. The Labute approximate surface area is 49.0 Å². The van der Waals surface area contributed by atoms with Crippen LogP contribution in [0.25, 0.3) is 0 Å². The SMILES string of the molecule is [2H]C1CN=C(Cl)NC1. The van der Waals surface area contributed by atoms with Crippen molar-refractivity contribution < 1.29 is 1.37 Å². The van der Waals surface area contributed by atoms with Crippen LogP contribution in [0.5, 0.6) is 0 Å². The molecular formula is C4H7ClN2. The van der Waals surface area contributed by atoms with Crippen molar-refractivity contribution in [3.63, 3.8) is 0 Å². The topological polar surface area (TPSA) is 24.4 Å². The van der Waals surface area contributed by atoms with Crippen LogP contribution < -0.4 is 5.32 Å². The molecule has 7 heavy (non-hydrogen) atoms. The summed E-state index contributed by atoms with van der Waals surface area (Å²) in [5.74, 6) is 0. The van der Waals surface area contributed by atoms with E-state index in [9.17, 15) is 0 Å². The normalized spacial score (nSPS) is 33.0. The van der Waals surface area contributed by atoms with Gasteiger partial charge in [-0.15, -0.1) is 0 Å². The second kappa shape index (κ2) is 2.17. The van der Waals surface area contributed by atoms with Crippen LogP contribution in [0.1, 0.15) is 7.77 Å². The van der Waals surface area contributed by atoms with Crippen molar-refractivity contribution >= 4 is 16.9 Å². The first-order valence-electron chi connectivity index (χ1n) is 2.73. The molecule has 1 heterocycles. The van der Waals surface area contributed by atoms with E-state index in [2.05, 4.69) is 10.3 Å². The Morgan fingerprint density at radius 3 is 3.29 bits per heavy atom. The molecule has 0 aromatic carbocycles. The number of halogens is 1. The summed E-state index contributed by atoms with van der Waals surface area (Å²) >= 11 is 5.44. The Bertz CT molecular complexity index is 115. The number of amidine groups is 1. The molecule has 1 rings (SSSR count). The van der Waals surface area contributed by atoms with E-state index in [1.807, 2.05) is 0 Å². The third kappa shape index (κ3) is 1.35. The van der Waals surface area contributed by atoms with Crippen molar-refractivity contribution in [2.24, 2.45) is 4.99 Å². The van der Waals surface area contributed by atoms with Crippen LogP contribution >= 0.6 is 11.6 Å². The third-order valence-electron chi connectivity index (χ3n) is 0.751. The van der Waals surface area contributed by atoms with Gasteiger partial charge in [0, 0.05) is 14.5 Å². The molecule has 1 aliphatic heterocycles. The molecule has 0 saturated heterocycles. The van der Waals surface area contributed by atoms with Gasteiger partial charge in [-0.2, -0.15) is 0 Å². The molecule has 0 aromatic heterocycles. The fourth-order valence-corrected chi connectivity index (χ4v) is 0.568. The quantitative estimate of drug-likeness (QED) is 0.464. The highest BCUT2D eigenvalue weighted by atomic mass is 35.5. The van der Waals surface area contributed by atoms with Crippen LogP contribution in [0.3, 0.4) is 0 Å². The number of nitrogens with zero attached hydrogens (tertiary/aromatic N) is 1. The van der Waals surface area contributed by atoms with Crippen LogP contribution in [0.15, 0.2) is 4.99 Å². The largest absolute Gasteiger partial charge is 0.361 e. The van der Waals surface area contributed by atoms with E-state index in [4.69, 9.17) is 13.0 Å². The average Bonchev–Trinajstić information content (AvgIpc) is 1.77.